The molecule has 0 saturated carbocycles. The Labute approximate surface area is 103 Å². The molecule has 0 aliphatic heterocycles. The molecular weight excluding hydrogens is 210 g/mol. The molecule has 0 fully saturated rings. The van der Waals surface area contributed by atoms with Crippen molar-refractivity contribution in [1.82, 2.24) is 4.57 Å². The number of hydrogen-bond donors (Lipinski definition) is 1. The highest BCUT2D eigenvalue weighted by atomic mass is 15.1. The zero-order valence-corrected chi connectivity index (χ0v) is 11.1. The quantitative estimate of drug-likeness (QED) is 0.880. The smallest absolute Gasteiger partial charge is 0.0624 e. The first-order valence-electron chi connectivity index (χ1n) is 5.92. The number of nitrogens with zero attached hydrogens (tertiary/aromatic N) is 2. The third-order valence-electron chi connectivity index (χ3n) is 2.93. The van der Waals surface area contributed by atoms with E-state index in [1.165, 1.54) is 16.6 Å². The molecule has 0 saturated heterocycles. The topological polar surface area (TPSA) is 34.2 Å². The minimum absolute atomic E-state index is 0.189. The van der Waals surface area contributed by atoms with Gasteiger partial charge in [-0.15, -0.1) is 0 Å². The Bertz CT molecular complexity index is 520. The molecule has 1 aromatic carbocycles. The zero-order chi connectivity index (χ0) is 12.6. The molecule has 3 heteroatoms. The lowest BCUT2D eigenvalue weighted by Gasteiger charge is -2.27. The predicted octanol–water partition coefficient (Wildman–Crippen LogP) is 2.35. The van der Waals surface area contributed by atoms with Crippen LogP contribution in [0.2, 0.25) is 0 Å². The molecule has 0 bridgehead atoms. The average Bonchev–Trinajstić information content (AvgIpc) is 2.55. The van der Waals surface area contributed by atoms with Crippen LogP contribution in [0.5, 0.6) is 0 Å². The molecule has 2 N–H and O–H groups in total. The van der Waals surface area contributed by atoms with Crippen molar-refractivity contribution in [2.45, 2.75) is 19.4 Å². The van der Waals surface area contributed by atoms with Gasteiger partial charge in [-0.2, -0.15) is 0 Å². The van der Waals surface area contributed by atoms with E-state index in [4.69, 9.17) is 5.73 Å². The lowest BCUT2D eigenvalue weighted by Crippen LogP contribution is -2.43. The number of rotatable bonds is 3. The van der Waals surface area contributed by atoms with Gasteiger partial charge < -0.3 is 15.2 Å². The van der Waals surface area contributed by atoms with Crippen molar-refractivity contribution in [2.75, 3.05) is 18.5 Å². The summed E-state index contributed by atoms with van der Waals surface area (Å²) in [6.07, 6.45) is 2.16. The van der Waals surface area contributed by atoms with Crippen molar-refractivity contribution in [3.63, 3.8) is 0 Å². The summed E-state index contributed by atoms with van der Waals surface area (Å²) in [6, 6.07) is 8.44. The van der Waals surface area contributed by atoms with Gasteiger partial charge in [-0.05, 0) is 19.9 Å². The molecule has 0 amide bonds. The first-order valence-corrected chi connectivity index (χ1v) is 5.92. The molecule has 2 rings (SSSR count). The van der Waals surface area contributed by atoms with Gasteiger partial charge in [-0.1, -0.05) is 18.2 Å². The van der Waals surface area contributed by atoms with Crippen LogP contribution in [0.15, 0.2) is 30.5 Å². The molecule has 0 aliphatic carbocycles. The number of fused-ring (bicyclic) bond motifs is 1. The number of aromatic nitrogens is 1. The summed E-state index contributed by atoms with van der Waals surface area (Å²) in [5.41, 5.74) is 8.38. The van der Waals surface area contributed by atoms with Crippen LogP contribution >= 0.6 is 0 Å². The number of aryl methyl sites for hydroxylation is 1. The van der Waals surface area contributed by atoms with Crippen molar-refractivity contribution in [3.8, 4) is 0 Å². The normalized spacial score (nSPS) is 12.1. The van der Waals surface area contributed by atoms with Crippen LogP contribution in [-0.4, -0.2) is 23.7 Å². The summed E-state index contributed by atoms with van der Waals surface area (Å²) in [5.74, 6) is 0. The van der Waals surface area contributed by atoms with E-state index in [1.54, 1.807) is 0 Å². The van der Waals surface area contributed by atoms with Gasteiger partial charge in [0, 0.05) is 43.3 Å². The number of likely N-dealkylation sites (N-methyl/N-ethyl adjacent to an activating group) is 1. The van der Waals surface area contributed by atoms with Crippen LogP contribution in [0.4, 0.5) is 5.69 Å². The zero-order valence-electron chi connectivity index (χ0n) is 11.1. The second-order valence-corrected chi connectivity index (χ2v) is 5.49. The Morgan fingerprint density at radius 1 is 1.29 bits per heavy atom. The van der Waals surface area contributed by atoms with Crippen LogP contribution in [0.25, 0.3) is 10.9 Å². The Hall–Kier alpha value is -1.48. The first-order chi connectivity index (χ1) is 7.88. The minimum atomic E-state index is -0.189. The monoisotopic (exact) mass is 231 g/mol. The highest BCUT2D eigenvalue weighted by Crippen LogP contribution is 2.28. The van der Waals surface area contributed by atoms with E-state index in [9.17, 15) is 0 Å². The summed E-state index contributed by atoms with van der Waals surface area (Å²) in [5, 5.41) is 1.28. The van der Waals surface area contributed by atoms with Crippen LogP contribution in [0, 0.1) is 0 Å². The van der Waals surface area contributed by atoms with Gasteiger partial charge in [-0.3, -0.25) is 0 Å². The van der Waals surface area contributed by atoms with Crippen LogP contribution < -0.4 is 10.6 Å². The third kappa shape index (κ3) is 2.44. The number of para-hydroxylation sites is 1. The lowest BCUT2D eigenvalue weighted by molar-refractivity contribution is 0.519. The molecule has 2 aromatic rings. The molecular formula is C14H21N3. The van der Waals surface area contributed by atoms with Crippen molar-refractivity contribution in [1.29, 1.82) is 0 Å². The van der Waals surface area contributed by atoms with E-state index in [1.807, 2.05) is 0 Å². The number of anilines is 1. The summed E-state index contributed by atoms with van der Waals surface area (Å²) < 4.78 is 2.16. The van der Waals surface area contributed by atoms with E-state index < -0.39 is 0 Å². The fraction of sp³-hybridized carbons (Fsp3) is 0.429. The number of hydrogen-bond acceptors (Lipinski definition) is 2. The van der Waals surface area contributed by atoms with E-state index in [0.717, 1.165) is 6.54 Å². The predicted molar refractivity (Wildman–Crippen MR) is 74.5 cm³/mol. The van der Waals surface area contributed by atoms with E-state index in [0.29, 0.717) is 0 Å². The van der Waals surface area contributed by atoms with Gasteiger partial charge in [-0.25, -0.2) is 0 Å². The van der Waals surface area contributed by atoms with Gasteiger partial charge in [0.15, 0.2) is 0 Å². The highest BCUT2D eigenvalue weighted by Gasteiger charge is 2.17. The van der Waals surface area contributed by atoms with E-state index in [2.05, 4.69) is 67.9 Å². The Kier molecular flexibility index (Phi) is 2.87. The highest BCUT2D eigenvalue weighted by molar-refractivity contribution is 5.93. The number of nitrogens with two attached hydrogens (primary N) is 1. The maximum atomic E-state index is 6.08. The summed E-state index contributed by atoms with van der Waals surface area (Å²) in [7, 11) is 4.17. The van der Waals surface area contributed by atoms with Crippen LogP contribution in [0.3, 0.4) is 0 Å². The molecule has 3 nitrogen and oxygen atoms in total. The van der Waals surface area contributed by atoms with Crippen molar-refractivity contribution in [2.24, 2.45) is 12.8 Å². The molecule has 0 atom stereocenters. The van der Waals surface area contributed by atoms with Crippen molar-refractivity contribution in [3.05, 3.63) is 30.5 Å². The second kappa shape index (κ2) is 4.08. The van der Waals surface area contributed by atoms with Gasteiger partial charge in [0.2, 0.25) is 0 Å². The fourth-order valence-electron chi connectivity index (χ4n) is 2.32. The van der Waals surface area contributed by atoms with Gasteiger partial charge >= 0.3 is 0 Å². The molecule has 92 valence electrons. The molecule has 0 radical (unpaired) electrons. The fourth-order valence-corrected chi connectivity index (χ4v) is 2.32. The summed E-state index contributed by atoms with van der Waals surface area (Å²) in [6.45, 7) is 4.93. The molecule has 0 unspecified atom stereocenters. The van der Waals surface area contributed by atoms with Gasteiger partial charge in [0.1, 0.15) is 0 Å². The molecule has 0 aliphatic rings. The van der Waals surface area contributed by atoms with Crippen LogP contribution in [0.1, 0.15) is 13.8 Å². The maximum Gasteiger partial charge on any atom is 0.0624 e. The minimum Gasteiger partial charge on any atom is -0.371 e. The Balaban J connectivity index is 2.42. The number of benzene rings is 1. The summed E-state index contributed by atoms with van der Waals surface area (Å²) >= 11 is 0. The van der Waals surface area contributed by atoms with Gasteiger partial charge in [0.05, 0.1) is 5.69 Å². The third-order valence-corrected chi connectivity index (χ3v) is 2.93. The molecule has 0 spiro atoms. The Morgan fingerprint density at radius 2 is 1.94 bits per heavy atom. The maximum absolute atomic E-state index is 6.08. The average molecular weight is 231 g/mol. The van der Waals surface area contributed by atoms with E-state index in [-0.39, 0.29) is 5.54 Å². The molecule has 1 heterocycles. The summed E-state index contributed by atoms with van der Waals surface area (Å²) in [4.78, 5) is 2.22. The second-order valence-electron chi connectivity index (χ2n) is 5.49. The lowest BCUT2D eigenvalue weighted by atomic mass is 10.1. The van der Waals surface area contributed by atoms with Gasteiger partial charge in [0.25, 0.3) is 0 Å². The first kappa shape index (κ1) is 12.0. The van der Waals surface area contributed by atoms with E-state index >= 15 is 0 Å². The largest absolute Gasteiger partial charge is 0.371 e. The standard InChI is InChI=1S/C14H21N3/c1-14(2,15)10-17(4)13-9-16(3)12-8-6-5-7-11(12)13/h5-9H,10,15H2,1-4H3. The SMILES string of the molecule is CN(CC(C)(C)N)c1cn(C)c2ccccc12. The molecule has 17 heavy (non-hydrogen) atoms. The molecule has 1 aromatic heterocycles. The van der Waals surface area contributed by atoms with Crippen molar-refractivity contribution >= 4 is 16.6 Å². The van der Waals surface area contributed by atoms with Crippen molar-refractivity contribution < 1.29 is 0 Å². The Morgan fingerprint density at radius 3 is 2.59 bits per heavy atom. The van der Waals surface area contributed by atoms with Crippen LogP contribution in [-0.2, 0) is 7.05 Å².